The van der Waals surface area contributed by atoms with Gasteiger partial charge in [-0.1, -0.05) is 54.1 Å². The first kappa shape index (κ1) is 38.0. The zero-order chi connectivity index (χ0) is 40.5. The number of aromatic hydroxyl groups is 1. The first-order chi connectivity index (χ1) is 28.0. The second-order valence-electron chi connectivity index (χ2n) is 14.1. The Hall–Kier alpha value is -6.87. The van der Waals surface area contributed by atoms with Crippen molar-refractivity contribution in [1.82, 2.24) is 35.3 Å². The number of carbonyl (C=O) groups excluding carboxylic acids is 5. The number of hydrogen-bond acceptors (Lipinski definition) is 9. The molecular weight excluding hydrogens is 767 g/mol. The number of imidazole rings is 1. The predicted molar refractivity (Wildman–Crippen MR) is 212 cm³/mol. The number of fused-ring (bicyclic) bond motifs is 2. The SMILES string of the molecule is O=C(CCc1ccc(-c2nn(-c3nc4cc(Cl)ccc4[nH]3)c(O)c2CCc2ccc(F)cc2)cc1)NCCNc1cccc2c1C(=O)N(C1CCC(=O)NC1=O)C2=O. The lowest BCUT2D eigenvalue weighted by Gasteiger charge is -2.27. The monoisotopic (exact) mass is 802 g/mol. The maximum atomic E-state index is 13.6. The van der Waals surface area contributed by atoms with E-state index in [2.05, 4.69) is 25.9 Å². The van der Waals surface area contributed by atoms with Gasteiger partial charge in [0.05, 0.1) is 22.2 Å². The summed E-state index contributed by atoms with van der Waals surface area (Å²) >= 11 is 6.17. The van der Waals surface area contributed by atoms with Crippen LogP contribution in [0.15, 0.2) is 84.9 Å². The quantitative estimate of drug-likeness (QED) is 0.0766. The van der Waals surface area contributed by atoms with Crippen molar-refractivity contribution in [3.05, 3.63) is 124 Å². The number of carbonyl (C=O) groups is 5. The molecule has 5 N–H and O–H groups in total. The molecule has 2 aliphatic rings. The van der Waals surface area contributed by atoms with Crippen molar-refractivity contribution < 1.29 is 33.5 Å². The fraction of sp³-hybridized carbons (Fsp3) is 0.214. The molecule has 2 aromatic heterocycles. The zero-order valence-corrected chi connectivity index (χ0v) is 31.6. The Morgan fingerprint density at radius 3 is 2.45 bits per heavy atom. The molecule has 4 aromatic carbocycles. The van der Waals surface area contributed by atoms with Crippen molar-refractivity contribution >= 4 is 57.9 Å². The number of rotatable bonds is 13. The fourth-order valence-corrected chi connectivity index (χ4v) is 7.44. The maximum Gasteiger partial charge on any atom is 0.264 e. The van der Waals surface area contributed by atoms with E-state index in [-0.39, 0.29) is 61.1 Å². The molecule has 2 aliphatic heterocycles. The number of anilines is 1. The molecule has 16 heteroatoms. The molecule has 1 unspecified atom stereocenters. The van der Waals surface area contributed by atoms with Crippen LogP contribution in [0.4, 0.5) is 10.1 Å². The van der Waals surface area contributed by atoms with Crippen molar-refractivity contribution in [2.24, 2.45) is 0 Å². The predicted octanol–water partition coefficient (Wildman–Crippen LogP) is 5.26. The first-order valence-corrected chi connectivity index (χ1v) is 19.1. The van der Waals surface area contributed by atoms with E-state index in [9.17, 15) is 33.5 Å². The number of H-pyrrole nitrogens is 1. The lowest BCUT2D eigenvalue weighted by atomic mass is 9.99. The van der Waals surface area contributed by atoms with Gasteiger partial charge in [-0.2, -0.15) is 9.78 Å². The van der Waals surface area contributed by atoms with E-state index in [0.29, 0.717) is 52.7 Å². The highest BCUT2D eigenvalue weighted by atomic mass is 35.5. The molecule has 58 heavy (non-hydrogen) atoms. The minimum Gasteiger partial charge on any atom is -0.493 e. The van der Waals surface area contributed by atoms with Crippen molar-refractivity contribution in [2.45, 2.75) is 44.6 Å². The summed E-state index contributed by atoms with van der Waals surface area (Å²) in [6.07, 6.45) is 1.70. The number of halogens is 2. The first-order valence-electron chi connectivity index (χ1n) is 18.7. The summed E-state index contributed by atoms with van der Waals surface area (Å²) in [4.78, 5) is 72.0. The molecule has 1 atom stereocenters. The highest BCUT2D eigenvalue weighted by Gasteiger charge is 2.45. The molecule has 0 radical (unpaired) electrons. The minimum absolute atomic E-state index is 0.0293. The van der Waals surface area contributed by atoms with Crippen LogP contribution in [0.3, 0.4) is 0 Å². The van der Waals surface area contributed by atoms with Gasteiger partial charge in [0, 0.05) is 47.8 Å². The Kier molecular flexibility index (Phi) is 10.4. The van der Waals surface area contributed by atoms with Crippen LogP contribution in [0, 0.1) is 5.82 Å². The Bertz CT molecular complexity index is 2610. The molecule has 0 saturated carbocycles. The normalized spacial score (nSPS) is 15.2. The molecule has 1 fully saturated rings. The van der Waals surface area contributed by atoms with E-state index in [1.54, 1.807) is 42.5 Å². The third-order valence-corrected chi connectivity index (χ3v) is 10.5. The van der Waals surface area contributed by atoms with Gasteiger partial charge in [0.15, 0.2) is 0 Å². The van der Waals surface area contributed by atoms with Gasteiger partial charge in [0.1, 0.15) is 17.6 Å². The third-order valence-electron chi connectivity index (χ3n) is 10.3. The number of nitrogens with zero attached hydrogens (tertiary/aromatic N) is 4. The van der Waals surface area contributed by atoms with E-state index in [1.807, 2.05) is 24.3 Å². The van der Waals surface area contributed by atoms with Crippen LogP contribution in [0.5, 0.6) is 5.88 Å². The largest absolute Gasteiger partial charge is 0.493 e. The lowest BCUT2D eigenvalue weighted by Crippen LogP contribution is -2.54. The molecule has 14 nitrogen and oxygen atoms in total. The molecule has 5 amide bonds. The highest BCUT2D eigenvalue weighted by Crippen LogP contribution is 2.34. The number of aromatic nitrogens is 4. The van der Waals surface area contributed by atoms with Gasteiger partial charge in [-0.05, 0) is 79.3 Å². The standard InChI is InChI=1S/C42H36ClFN8O6/c43-26-12-16-30-32(22-26)48-42(47-30)52-40(57)29(15-8-24-6-13-27(44)14-7-24)37(50-52)25-10-4-23(5-11-25)9-18-34(53)46-21-20-45-31-3-1-2-28-36(31)41(58)51(39(28)56)33-17-19-35(54)49-38(33)55/h1-7,10-14,16,22,33,45,57H,8-9,15,17-21H2,(H,46,53)(H,47,48)(H,49,54,55). The number of amides is 5. The van der Waals surface area contributed by atoms with Gasteiger partial charge in [0.25, 0.3) is 11.8 Å². The molecule has 6 aromatic rings. The van der Waals surface area contributed by atoms with E-state index in [1.165, 1.54) is 22.9 Å². The van der Waals surface area contributed by atoms with Gasteiger partial charge in [-0.15, -0.1) is 0 Å². The van der Waals surface area contributed by atoms with Crippen LogP contribution in [0.2, 0.25) is 5.02 Å². The molecule has 0 aliphatic carbocycles. The summed E-state index contributed by atoms with van der Waals surface area (Å²) in [6.45, 7) is 0.507. The topological polar surface area (TPSA) is 191 Å². The summed E-state index contributed by atoms with van der Waals surface area (Å²) < 4.78 is 14.9. The zero-order valence-electron chi connectivity index (χ0n) is 30.9. The molecule has 8 rings (SSSR count). The highest BCUT2D eigenvalue weighted by molar-refractivity contribution is 6.31. The van der Waals surface area contributed by atoms with Gasteiger partial charge in [-0.3, -0.25) is 34.2 Å². The number of piperidine rings is 1. The van der Waals surface area contributed by atoms with Crippen LogP contribution in [-0.4, -0.2) is 78.4 Å². The Labute approximate surface area is 335 Å². The second kappa shape index (κ2) is 15.9. The molecule has 0 spiro atoms. The summed E-state index contributed by atoms with van der Waals surface area (Å²) in [5.41, 5.74) is 5.75. The number of imide groups is 2. The summed E-state index contributed by atoms with van der Waals surface area (Å²) in [5, 5.41) is 24.9. The third kappa shape index (κ3) is 7.63. The van der Waals surface area contributed by atoms with Gasteiger partial charge in [0.2, 0.25) is 29.5 Å². The van der Waals surface area contributed by atoms with Crippen LogP contribution in [0.25, 0.3) is 28.2 Å². The van der Waals surface area contributed by atoms with Gasteiger partial charge in [-0.25, -0.2) is 9.37 Å². The van der Waals surface area contributed by atoms with Crippen LogP contribution < -0.4 is 16.0 Å². The number of hydrogen-bond donors (Lipinski definition) is 5. The van der Waals surface area contributed by atoms with Crippen molar-refractivity contribution in [2.75, 3.05) is 18.4 Å². The number of nitrogens with one attached hydrogen (secondary N) is 4. The number of aryl methyl sites for hydroxylation is 2. The Morgan fingerprint density at radius 2 is 1.67 bits per heavy atom. The van der Waals surface area contributed by atoms with Crippen LogP contribution in [0.1, 0.15) is 56.7 Å². The lowest BCUT2D eigenvalue weighted by molar-refractivity contribution is -0.136. The smallest absolute Gasteiger partial charge is 0.264 e. The summed E-state index contributed by atoms with van der Waals surface area (Å²) in [7, 11) is 0. The average Bonchev–Trinajstić information content (AvgIpc) is 3.86. The van der Waals surface area contributed by atoms with Crippen molar-refractivity contribution in [3.8, 4) is 23.1 Å². The van der Waals surface area contributed by atoms with E-state index in [0.717, 1.165) is 27.1 Å². The summed E-state index contributed by atoms with van der Waals surface area (Å²) in [6, 6.07) is 22.8. The fourth-order valence-electron chi connectivity index (χ4n) is 7.27. The Balaban J connectivity index is 0.890. The minimum atomic E-state index is -1.06. The van der Waals surface area contributed by atoms with Crippen molar-refractivity contribution in [1.29, 1.82) is 0 Å². The van der Waals surface area contributed by atoms with E-state index in [4.69, 9.17) is 16.7 Å². The van der Waals surface area contributed by atoms with Gasteiger partial charge < -0.3 is 20.7 Å². The summed E-state index contributed by atoms with van der Waals surface area (Å²) in [5.74, 6) is -2.61. The number of aromatic amines is 1. The molecule has 1 saturated heterocycles. The molecule has 0 bridgehead atoms. The Morgan fingerprint density at radius 1 is 0.914 bits per heavy atom. The van der Waals surface area contributed by atoms with Gasteiger partial charge >= 0.3 is 0 Å². The molecule has 4 heterocycles. The van der Waals surface area contributed by atoms with Crippen LogP contribution in [-0.2, 0) is 33.6 Å². The van der Waals surface area contributed by atoms with Crippen molar-refractivity contribution in [3.63, 3.8) is 0 Å². The molecule has 294 valence electrons. The van der Waals surface area contributed by atoms with E-state index >= 15 is 0 Å². The van der Waals surface area contributed by atoms with E-state index < -0.39 is 29.7 Å². The van der Waals surface area contributed by atoms with Crippen LogP contribution >= 0.6 is 11.6 Å². The molecular formula is C42H36ClFN8O6. The average molecular weight is 803 g/mol. The second-order valence-corrected chi connectivity index (χ2v) is 14.5. The number of benzene rings is 4. The maximum absolute atomic E-state index is 13.6.